The van der Waals surface area contributed by atoms with Crippen molar-refractivity contribution in [3.63, 3.8) is 0 Å². The number of aromatic nitrogens is 1. The highest BCUT2D eigenvalue weighted by Gasteiger charge is 2.34. The Labute approximate surface area is 663 Å². The van der Waals surface area contributed by atoms with Crippen molar-refractivity contribution >= 4 is 5.96 Å². The largest absolute Gasteiger partial charge is 0.378 e. The van der Waals surface area contributed by atoms with Crippen LogP contribution in [0.1, 0.15) is 322 Å². The lowest BCUT2D eigenvalue weighted by atomic mass is 9.75. The van der Waals surface area contributed by atoms with E-state index >= 15 is 0 Å². The molecule has 0 aromatic carbocycles. The molecule has 8 aliphatic rings. The predicted octanol–water partition coefficient (Wildman–Crippen LogP) is 18.2. The van der Waals surface area contributed by atoms with E-state index < -0.39 is 0 Å². The SMILES string of the molecule is CC.CC(C)(C)C1CC[N+](C)(C)CC1.CC(C)(C)CCCCC1CNC1.CC(C)(C)CCCN1CCNCC1.CC(C)(C)CCN=C(N)N.CC(C)(C)COC1CC(N)C1.CC(C)(C)C[C@@H]1CCNC1.CC(C)(C)C[C@H]1CCNC1.CC(C)(C)N1CCNCC1.CC(C)(C)c1ccncc1.CC1CC(N)C1. The van der Waals surface area contributed by atoms with Crippen molar-refractivity contribution in [2.24, 2.45) is 95.4 Å². The summed E-state index contributed by atoms with van der Waals surface area (Å²) < 4.78 is 6.86. The third-order valence-electron chi connectivity index (χ3n) is 20.8. The number of nitrogens with one attached hydrogen (secondary N) is 5. The van der Waals surface area contributed by atoms with E-state index in [0.29, 0.717) is 61.6 Å². The van der Waals surface area contributed by atoms with Gasteiger partial charge in [0, 0.05) is 102 Å². The van der Waals surface area contributed by atoms with Crippen molar-refractivity contribution in [1.82, 2.24) is 41.4 Å². The summed E-state index contributed by atoms with van der Waals surface area (Å²) in [6.07, 6.45) is 26.5. The van der Waals surface area contributed by atoms with Gasteiger partial charge in [0.2, 0.25) is 0 Å². The zero-order valence-electron chi connectivity index (χ0n) is 77.3. The van der Waals surface area contributed by atoms with Crippen LogP contribution in [0.15, 0.2) is 29.5 Å². The molecule has 6 aliphatic heterocycles. The first kappa shape index (κ1) is 106. The molecular formula is C91H193N14O+. The van der Waals surface area contributed by atoms with Crippen molar-refractivity contribution in [3.8, 4) is 0 Å². The standard InChI is InChI=1S/C11H24N2.C11H24N.C11H23N.C9H19NO.C9H13N.2C9H19N.C8H18N2.C7H17N3.C5H11N.C2H6/c1-11(2,3)5-4-8-13-9-6-12-7-10-13;1-11(2,3)10-6-8-12(4,5)9-7-10;1-11(2,3)7-5-4-6-10-8-12-9-10;1-9(2,3)6-11-8-4-7(10)5-8;1-9(2,3)8-4-6-10-7-5-8;2*1-9(2,3)6-8-4-5-10-7-8;1-8(2,3)10-6-4-9-5-7-10;1-7(2,3)4-5-10-6(8)9;1-4-2-5(6)3-4;1-2/h12H,4-10H2,1-3H3;10H,6-9H2,1-5H3;10,12H,4-9H2,1-3H3;7-8H,4-6,10H2,1-3H3;4-7H,1-3H3;2*8,10H,4-7H2,1-3H3;9H,4-7H2,1-3H3;4-5H2,1-3H3,(H4,8,9,10);4-5H,2-3,6H2,1H3;1-2H3/q;+1;;;;;;;;;/t;;;;;2*8-;;;;/m.....10..../s1. The maximum atomic E-state index is 5.63. The topological polar surface area (TPSA) is 205 Å². The Kier molecular flexibility index (Phi) is 53.1. The van der Waals surface area contributed by atoms with Crippen LogP contribution in [-0.4, -0.2) is 187 Å². The maximum absolute atomic E-state index is 5.63. The number of piperazine rings is 2. The first-order valence-electron chi connectivity index (χ1n) is 43.4. The molecule has 0 amide bonds. The lowest BCUT2D eigenvalue weighted by molar-refractivity contribution is -0.896. The number of ether oxygens (including phenoxy) is 1. The molecular weight excluding hydrogens is 1310 g/mol. The Morgan fingerprint density at radius 1 is 0.509 bits per heavy atom. The van der Waals surface area contributed by atoms with Gasteiger partial charge in [-0.3, -0.25) is 14.9 Å². The Hall–Kier alpha value is -2.02. The fourth-order valence-electron chi connectivity index (χ4n) is 13.8. The zero-order valence-corrected chi connectivity index (χ0v) is 77.3. The van der Waals surface area contributed by atoms with Gasteiger partial charge in [-0.1, -0.05) is 200 Å². The Morgan fingerprint density at radius 3 is 1.24 bits per heavy atom. The van der Waals surface area contributed by atoms with Crippen LogP contribution < -0.4 is 49.5 Å². The van der Waals surface area contributed by atoms with Crippen molar-refractivity contribution in [2.75, 3.05) is 139 Å². The minimum Gasteiger partial charge on any atom is -0.378 e. The van der Waals surface area contributed by atoms with Crippen LogP contribution in [0.5, 0.6) is 0 Å². The molecule has 0 spiro atoms. The van der Waals surface area contributed by atoms with Gasteiger partial charge in [-0.05, 0) is 241 Å². The highest BCUT2D eigenvalue weighted by molar-refractivity contribution is 5.75. The summed E-state index contributed by atoms with van der Waals surface area (Å²) in [4.78, 5) is 12.9. The van der Waals surface area contributed by atoms with E-state index in [1.54, 1.807) is 0 Å². The monoisotopic (exact) mass is 1500 g/mol. The number of nitrogens with two attached hydrogens (primary N) is 4. The number of aliphatic imine (C=N–C) groups is 1. The molecule has 13 N–H and O–H groups in total. The summed E-state index contributed by atoms with van der Waals surface area (Å²) in [7, 11) is 4.69. The molecule has 15 nitrogen and oxygen atoms in total. The van der Waals surface area contributed by atoms with E-state index in [9.17, 15) is 0 Å². The van der Waals surface area contributed by atoms with E-state index in [-0.39, 0.29) is 11.4 Å². The summed E-state index contributed by atoms with van der Waals surface area (Å²) in [6, 6.07) is 5.06. The Balaban J connectivity index is 0. The first-order chi connectivity index (χ1) is 48.5. The minimum absolute atomic E-state index is 0.184. The number of unbranched alkanes of at least 4 members (excludes halogenated alkanes) is 1. The fraction of sp³-hybridized carbons (Fsp3) is 0.934. The van der Waals surface area contributed by atoms with Crippen LogP contribution in [0.4, 0.5) is 0 Å². The van der Waals surface area contributed by atoms with Crippen molar-refractivity contribution < 1.29 is 9.22 Å². The van der Waals surface area contributed by atoms with E-state index in [4.69, 9.17) is 27.7 Å². The Morgan fingerprint density at radius 2 is 0.934 bits per heavy atom. The molecule has 0 bridgehead atoms. The van der Waals surface area contributed by atoms with E-state index in [2.05, 4.69) is 266 Å². The van der Waals surface area contributed by atoms with E-state index in [1.165, 1.54) is 198 Å². The summed E-state index contributed by atoms with van der Waals surface area (Å²) in [5.41, 5.74) is 26.6. The predicted molar refractivity (Wildman–Crippen MR) is 472 cm³/mol. The number of quaternary nitrogens is 1. The average molecular weight is 1500 g/mol. The molecule has 2 aliphatic carbocycles. The molecule has 1 aromatic rings. The molecule has 1 aromatic heterocycles. The zero-order chi connectivity index (χ0) is 81.9. The molecule has 7 heterocycles. The van der Waals surface area contributed by atoms with Gasteiger partial charge in [-0.25, -0.2) is 0 Å². The molecule has 106 heavy (non-hydrogen) atoms. The van der Waals surface area contributed by atoms with Gasteiger partial charge < -0.3 is 63.6 Å². The summed E-state index contributed by atoms with van der Waals surface area (Å²) in [6.45, 7) is 90.4. The van der Waals surface area contributed by atoms with Crippen LogP contribution in [0.25, 0.3) is 0 Å². The van der Waals surface area contributed by atoms with Gasteiger partial charge in [-0.15, -0.1) is 0 Å². The molecule has 632 valence electrons. The molecule has 8 fully saturated rings. The smallest absolute Gasteiger partial charge is 0.185 e. The summed E-state index contributed by atoms with van der Waals surface area (Å²) in [5, 5.41) is 16.8. The van der Waals surface area contributed by atoms with Crippen LogP contribution in [-0.2, 0) is 10.2 Å². The third kappa shape index (κ3) is 65.5. The second-order valence-electron chi connectivity index (χ2n) is 43.9. The quantitative estimate of drug-likeness (QED) is 0.0391. The van der Waals surface area contributed by atoms with Crippen molar-refractivity contribution in [3.05, 3.63) is 30.1 Å². The van der Waals surface area contributed by atoms with Gasteiger partial charge in [0.1, 0.15) is 0 Å². The number of hydrogen-bond acceptors (Lipinski definition) is 12. The summed E-state index contributed by atoms with van der Waals surface area (Å²) >= 11 is 0. The second kappa shape index (κ2) is 53.1. The number of nitrogens with zero attached hydrogens (tertiary/aromatic N) is 5. The molecule has 15 heteroatoms. The highest BCUT2D eigenvalue weighted by atomic mass is 16.5. The van der Waals surface area contributed by atoms with Gasteiger partial charge in [-0.2, -0.15) is 0 Å². The van der Waals surface area contributed by atoms with Crippen LogP contribution in [0.3, 0.4) is 0 Å². The number of rotatable bonds is 13. The molecule has 9 rings (SSSR count). The van der Waals surface area contributed by atoms with Crippen LogP contribution in [0.2, 0.25) is 0 Å². The van der Waals surface area contributed by atoms with Gasteiger partial charge >= 0.3 is 0 Å². The lowest BCUT2D eigenvalue weighted by Crippen LogP contribution is -2.51. The van der Waals surface area contributed by atoms with Crippen molar-refractivity contribution in [1.29, 1.82) is 0 Å². The summed E-state index contributed by atoms with van der Waals surface area (Å²) in [5.74, 6) is 4.94. The van der Waals surface area contributed by atoms with E-state index in [1.807, 2.05) is 26.2 Å². The number of likely N-dealkylation sites (tertiary alicyclic amines) is 1. The molecule has 2 atom stereocenters. The highest BCUT2D eigenvalue weighted by Crippen LogP contribution is 2.36. The Bertz CT molecular complexity index is 2180. The fourth-order valence-corrected chi connectivity index (χ4v) is 13.8. The number of guanidine groups is 1. The molecule has 0 unspecified atom stereocenters. The number of pyridine rings is 1. The third-order valence-corrected chi connectivity index (χ3v) is 20.8. The van der Waals surface area contributed by atoms with Crippen LogP contribution >= 0.6 is 0 Å². The minimum atomic E-state index is 0.184. The normalized spacial score (nSPS) is 23.0. The average Bonchev–Trinajstić information content (AvgIpc) is 1.10. The van der Waals surface area contributed by atoms with Gasteiger partial charge in [0.05, 0.1) is 39.9 Å². The number of hydrogen-bond donors (Lipinski definition) is 9. The second-order valence-corrected chi connectivity index (χ2v) is 43.9. The molecule has 2 saturated carbocycles. The van der Waals surface area contributed by atoms with Gasteiger partial charge in [0.15, 0.2) is 5.96 Å². The van der Waals surface area contributed by atoms with Crippen molar-refractivity contribution in [2.45, 2.75) is 346 Å². The van der Waals surface area contributed by atoms with Crippen LogP contribution in [0, 0.1) is 67.5 Å². The molecule has 0 radical (unpaired) electrons. The first-order valence-corrected chi connectivity index (χ1v) is 43.4. The molecule has 6 saturated heterocycles. The number of piperidine rings is 1. The van der Waals surface area contributed by atoms with E-state index in [0.717, 1.165) is 75.1 Å². The van der Waals surface area contributed by atoms with Gasteiger partial charge in [0.25, 0.3) is 0 Å². The lowest BCUT2D eigenvalue weighted by Gasteiger charge is -2.41. The maximum Gasteiger partial charge on any atom is 0.185 e.